The first-order valence-electron chi connectivity index (χ1n) is 8.57. The summed E-state index contributed by atoms with van der Waals surface area (Å²) in [6.07, 6.45) is 2.52. The number of nitrogens with one attached hydrogen (secondary N) is 1. The van der Waals surface area contributed by atoms with Crippen LogP contribution >= 0.6 is 0 Å². The fourth-order valence-electron chi connectivity index (χ4n) is 3.13. The summed E-state index contributed by atoms with van der Waals surface area (Å²) in [5.74, 6) is 1.50. The molecular weight excluding hydrogens is 264 g/mol. The normalized spacial score (nSPS) is 24.1. The Labute approximate surface area is 131 Å². The first kappa shape index (κ1) is 18.9. The summed E-state index contributed by atoms with van der Waals surface area (Å²) in [4.78, 5) is 2.64. The second kappa shape index (κ2) is 10.5. The molecule has 1 fully saturated rings. The maximum atomic E-state index is 5.66. The molecule has 0 aromatic heterocycles. The van der Waals surface area contributed by atoms with Crippen molar-refractivity contribution in [3.8, 4) is 0 Å². The summed E-state index contributed by atoms with van der Waals surface area (Å²) in [6, 6.07) is 1.28. The van der Waals surface area contributed by atoms with Crippen LogP contribution < -0.4 is 5.32 Å². The third-order valence-electron chi connectivity index (χ3n) is 4.07. The molecule has 1 N–H and O–H groups in total. The van der Waals surface area contributed by atoms with Gasteiger partial charge in [0.25, 0.3) is 0 Å². The molecule has 4 nitrogen and oxygen atoms in total. The van der Waals surface area contributed by atoms with Gasteiger partial charge in [-0.2, -0.15) is 0 Å². The van der Waals surface area contributed by atoms with Crippen LogP contribution in [-0.2, 0) is 9.47 Å². The summed E-state index contributed by atoms with van der Waals surface area (Å²) >= 11 is 0. The van der Waals surface area contributed by atoms with E-state index in [4.69, 9.17) is 9.47 Å². The van der Waals surface area contributed by atoms with E-state index in [0.29, 0.717) is 25.3 Å². The van der Waals surface area contributed by atoms with Gasteiger partial charge >= 0.3 is 0 Å². The highest BCUT2D eigenvalue weighted by Crippen LogP contribution is 2.18. The molecule has 4 heteroatoms. The van der Waals surface area contributed by atoms with Gasteiger partial charge in [-0.1, -0.05) is 27.7 Å². The number of rotatable bonds is 10. The molecule has 2 unspecified atom stereocenters. The van der Waals surface area contributed by atoms with Gasteiger partial charge in [-0.25, -0.2) is 0 Å². The van der Waals surface area contributed by atoms with E-state index in [1.54, 1.807) is 7.11 Å². The van der Waals surface area contributed by atoms with Crippen LogP contribution in [0, 0.1) is 11.8 Å². The lowest BCUT2D eigenvalue weighted by molar-refractivity contribution is 0.0342. The maximum absolute atomic E-state index is 5.66. The Balaban J connectivity index is 2.40. The highest BCUT2D eigenvalue weighted by Gasteiger charge is 2.28. The third-order valence-corrected chi connectivity index (χ3v) is 4.07. The molecule has 0 saturated carbocycles. The van der Waals surface area contributed by atoms with Crippen molar-refractivity contribution in [3.05, 3.63) is 0 Å². The highest BCUT2D eigenvalue weighted by atomic mass is 16.5. The summed E-state index contributed by atoms with van der Waals surface area (Å²) in [6.45, 7) is 14.8. The lowest BCUT2D eigenvalue weighted by atomic mass is 9.96. The molecule has 21 heavy (non-hydrogen) atoms. The van der Waals surface area contributed by atoms with E-state index in [0.717, 1.165) is 38.1 Å². The second-order valence-corrected chi connectivity index (χ2v) is 7.12. The summed E-state index contributed by atoms with van der Waals surface area (Å²) in [5, 5.41) is 3.74. The summed E-state index contributed by atoms with van der Waals surface area (Å²) < 4.78 is 10.7. The molecule has 2 atom stereocenters. The second-order valence-electron chi connectivity index (χ2n) is 7.12. The molecule has 0 bridgehead atoms. The number of piperazine rings is 1. The van der Waals surface area contributed by atoms with Gasteiger partial charge in [0, 0.05) is 38.8 Å². The zero-order valence-electron chi connectivity index (χ0n) is 14.7. The highest BCUT2D eigenvalue weighted by molar-refractivity contribution is 4.87. The van der Waals surface area contributed by atoms with Crippen LogP contribution in [-0.4, -0.2) is 63.5 Å². The minimum atomic E-state index is 0.632. The standard InChI is InChI=1S/C17H36N2O2/c1-14(2)10-16-13-19(6-7-21-9-8-20-5)17(12-18-16)11-15(3)4/h14-18H,6-13H2,1-5H3. The molecule has 1 rings (SSSR count). The van der Waals surface area contributed by atoms with Crippen molar-refractivity contribution in [3.63, 3.8) is 0 Å². The van der Waals surface area contributed by atoms with Crippen molar-refractivity contribution in [1.82, 2.24) is 10.2 Å². The van der Waals surface area contributed by atoms with Gasteiger partial charge in [-0.05, 0) is 24.7 Å². The molecule has 1 aliphatic rings. The molecule has 0 aromatic rings. The number of methoxy groups -OCH3 is 1. The topological polar surface area (TPSA) is 33.7 Å². The summed E-state index contributed by atoms with van der Waals surface area (Å²) in [7, 11) is 1.72. The molecule has 1 saturated heterocycles. The lowest BCUT2D eigenvalue weighted by Gasteiger charge is -2.41. The fourth-order valence-corrected chi connectivity index (χ4v) is 3.13. The van der Waals surface area contributed by atoms with E-state index in [9.17, 15) is 0 Å². The van der Waals surface area contributed by atoms with Crippen LogP contribution in [0.25, 0.3) is 0 Å². The smallest absolute Gasteiger partial charge is 0.0700 e. The van der Waals surface area contributed by atoms with E-state index in [2.05, 4.69) is 37.9 Å². The van der Waals surface area contributed by atoms with Gasteiger partial charge in [-0.3, -0.25) is 4.90 Å². The molecular formula is C17H36N2O2. The quantitative estimate of drug-likeness (QED) is 0.628. The minimum absolute atomic E-state index is 0.632. The van der Waals surface area contributed by atoms with Crippen LogP contribution in [0.15, 0.2) is 0 Å². The number of hydrogen-bond acceptors (Lipinski definition) is 4. The number of ether oxygens (including phenoxy) is 2. The Kier molecular flexibility index (Phi) is 9.49. The van der Waals surface area contributed by atoms with Crippen molar-refractivity contribution in [2.45, 2.75) is 52.6 Å². The first-order valence-corrected chi connectivity index (χ1v) is 8.57. The zero-order chi connectivity index (χ0) is 15.7. The Hall–Kier alpha value is -0.160. The van der Waals surface area contributed by atoms with E-state index >= 15 is 0 Å². The van der Waals surface area contributed by atoms with Crippen LogP contribution in [0.4, 0.5) is 0 Å². The third kappa shape index (κ3) is 8.15. The van der Waals surface area contributed by atoms with Crippen molar-refractivity contribution >= 4 is 0 Å². The summed E-state index contributed by atoms with van der Waals surface area (Å²) in [5.41, 5.74) is 0. The molecule has 0 amide bonds. The number of hydrogen-bond donors (Lipinski definition) is 1. The minimum Gasteiger partial charge on any atom is -0.382 e. The Bertz CT molecular complexity index is 259. The molecule has 1 aliphatic heterocycles. The molecule has 0 aliphatic carbocycles. The van der Waals surface area contributed by atoms with Gasteiger partial charge in [-0.15, -0.1) is 0 Å². The van der Waals surface area contributed by atoms with E-state index in [1.165, 1.54) is 12.8 Å². The maximum Gasteiger partial charge on any atom is 0.0700 e. The van der Waals surface area contributed by atoms with Crippen molar-refractivity contribution in [1.29, 1.82) is 0 Å². The van der Waals surface area contributed by atoms with Gasteiger partial charge in [0.1, 0.15) is 0 Å². The number of nitrogens with zero attached hydrogens (tertiary/aromatic N) is 1. The largest absolute Gasteiger partial charge is 0.382 e. The van der Waals surface area contributed by atoms with Crippen LogP contribution in [0.2, 0.25) is 0 Å². The Morgan fingerprint density at radius 1 is 1.05 bits per heavy atom. The van der Waals surface area contributed by atoms with Crippen LogP contribution in [0.3, 0.4) is 0 Å². The van der Waals surface area contributed by atoms with Crippen molar-refractivity contribution in [2.75, 3.05) is 46.6 Å². The predicted octanol–water partition coefficient (Wildman–Crippen LogP) is 2.38. The first-order chi connectivity index (χ1) is 10.0. The molecule has 126 valence electrons. The average molecular weight is 300 g/mol. The zero-order valence-corrected chi connectivity index (χ0v) is 14.7. The molecule has 0 aromatic carbocycles. The van der Waals surface area contributed by atoms with Crippen molar-refractivity contribution < 1.29 is 9.47 Å². The van der Waals surface area contributed by atoms with Crippen LogP contribution in [0.1, 0.15) is 40.5 Å². The van der Waals surface area contributed by atoms with Gasteiger partial charge in [0.05, 0.1) is 19.8 Å². The van der Waals surface area contributed by atoms with Crippen LogP contribution in [0.5, 0.6) is 0 Å². The predicted molar refractivity (Wildman–Crippen MR) is 88.8 cm³/mol. The van der Waals surface area contributed by atoms with Gasteiger partial charge < -0.3 is 14.8 Å². The van der Waals surface area contributed by atoms with Gasteiger partial charge in [0.15, 0.2) is 0 Å². The molecule has 0 spiro atoms. The SMILES string of the molecule is COCCOCCN1CC(CC(C)C)NCC1CC(C)C. The fraction of sp³-hybridized carbons (Fsp3) is 1.00. The van der Waals surface area contributed by atoms with E-state index in [-0.39, 0.29) is 0 Å². The molecule has 1 heterocycles. The molecule has 0 radical (unpaired) electrons. The van der Waals surface area contributed by atoms with E-state index < -0.39 is 0 Å². The Morgan fingerprint density at radius 3 is 2.38 bits per heavy atom. The monoisotopic (exact) mass is 300 g/mol. The average Bonchev–Trinajstić information content (AvgIpc) is 2.40. The van der Waals surface area contributed by atoms with E-state index in [1.807, 2.05) is 0 Å². The van der Waals surface area contributed by atoms with Gasteiger partial charge in [0.2, 0.25) is 0 Å². The Morgan fingerprint density at radius 2 is 1.76 bits per heavy atom. The lowest BCUT2D eigenvalue weighted by Crippen LogP contribution is -2.57. The van der Waals surface area contributed by atoms with Crippen molar-refractivity contribution in [2.24, 2.45) is 11.8 Å².